The molecule has 1 aromatic carbocycles. The Morgan fingerprint density at radius 3 is 2.06 bits per heavy atom. The maximum absolute atomic E-state index is 11.7. The first-order valence-electron chi connectivity index (χ1n) is 5.50. The second kappa shape index (κ2) is 6.74. The number of rotatable bonds is 6. The van der Waals surface area contributed by atoms with Crippen molar-refractivity contribution in [1.29, 1.82) is 0 Å². The quantitative estimate of drug-likeness (QED) is 0.729. The van der Waals surface area contributed by atoms with E-state index in [1.165, 1.54) is 27.9 Å². The summed E-state index contributed by atoms with van der Waals surface area (Å²) in [5.41, 5.74) is 0.342. The average Bonchev–Trinajstić information content (AvgIpc) is 2.42. The smallest absolute Gasteiger partial charge is 0.338 e. The molecule has 1 aromatic rings. The van der Waals surface area contributed by atoms with E-state index in [1.54, 1.807) is 12.1 Å². The van der Waals surface area contributed by atoms with Crippen LogP contribution in [0.15, 0.2) is 12.1 Å². The molecule has 0 aliphatic heterocycles. The first-order valence-corrected chi connectivity index (χ1v) is 5.50. The highest BCUT2D eigenvalue weighted by Gasteiger charge is 2.17. The zero-order valence-electron chi connectivity index (χ0n) is 11.0. The van der Waals surface area contributed by atoms with Crippen molar-refractivity contribution in [3.63, 3.8) is 0 Å². The summed E-state index contributed by atoms with van der Waals surface area (Å²) in [4.78, 5) is 11.7. The Balaban J connectivity index is 3.10. The molecule has 0 aromatic heterocycles. The number of carbonyl (C=O) groups excluding carboxylic acids is 1. The predicted octanol–water partition coefficient (Wildman–Crippen LogP) is 2.44. The van der Waals surface area contributed by atoms with Crippen LogP contribution in [0, 0.1) is 6.61 Å². The monoisotopic (exact) mass is 253 g/mol. The molecule has 0 saturated carbocycles. The van der Waals surface area contributed by atoms with E-state index < -0.39 is 5.97 Å². The van der Waals surface area contributed by atoms with Gasteiger partial charge >= 0.3 is 5.97 Å². The molecule has 0 unspecified atom stereocenters. The fraction of sp³-hybridized carbons (Fsp3) is 0.385. The summed E-state index contributed by atoms with van der Waals surface area (Å²) < 4.78 is 20.4. The lowest BCUT2D eigenvalue weighted by atomic mass is 10.2. The molecule has 0 atom stereocenters. The number of ether oxygens (including phenoxy) is 4. The van der Waals surface area contributed by atoms with Crippen LogP contribution in [0.4, 0.5) is 0 Å². The van der Waals surface area contributed by atoms with Crippen LogP contribution in [0.3, 0.4) is 0 Å². The summed E-state index contributed by atoms with van der Waals surface area (Å²) in [6, 6.07) is 3.10. The molecule has 0 saturated heterocycles. The fourth-order valence-electron chi connectivity index (χ4n) is 1.43. The standard InChI is InChI=1S/C13H17O5/c1-5-6-18-13(14)9-7-10(15-2)12(17-4)11(8-9)16-3/h6-8H,5H2,1-4H3. The molecule has 0 heterocycles. The highest BCUT2D eigenvalue weighted by atomic mass is 16.5. The van der Waals surface area contributed by atoms with E-state index in [1.807, 2.05) is 6.92 Å². The van der Waals surface area contributed by atoms with Crippen molar-refractivity contribution in [1.82, 2.24) is 0 Å². The fourth-order valence-corrected chi connectivity index (χ4v) is 1.43. The van der Waals surface area contributed by atoms with Gasteiger partial charge in [-0.15, -0.1) is 0 Å². The molecule has 0 aliphatic rings. The molecule has 18 heavy (non-hydrogen) atoms. The van der Waals surface area contributed by atoms with Crippen LogP contribution in [-0.4, -0.2) is 27.3 Å². The number of hydrogen-bond acceptors (Lipinski definition) is 5. The number of methoxy groups -OCH3 is 3. The second-order valence-electron chi connectivity index (χ2n) is 3.39. The number of hydrogen-bond donors (Lipinski definition) is 0. The lowest BCUT2D eigenvalue weighted by Crippen LogP contribution is -2.05. The molecule has 0 amide bonds. The molecule has 99 valence electrons. The van der Waals surface area contributed by atoms with Gasteiger partial charge in [0.15, 0.2) is 11.5 Å². The number of esters is 1. The Labute approximate surface area is 107 Å². The van der Waals surface area contributed by atoms with Gasteiger partial charge < -0.3 is 18.9 Å². The summed E-state index contributed by atoms with van der Waals surface area (Å²) in [6.45, 7) is 3.31. The Bertz CT molecular complexity index is 389. The van der Waals surface area contributed by atoms with E-state index in [4.69, 9.17) is 18.9 Å². The van der Waals surface area contributed by atoms with Gasteiger partial charge in [0.2, 0.25) is 5.75 Å². The molecule has 0 N–H and O–H groups in total. The van der Waals surface area contributed by atoms with Crippen molar-refractivity contribution in [2.45, 2.75) is 13.3 Å². The highest BCUT2D eigenvalue weighted by Crippen LogP contribution is 2.38. The highest BCUT2D eigenvalue weighted by molar-refractivity contribution is 5.91. The summed E-state index contributed by atoms with van der Waals surface area (Å²) in [7, 11) is 4.48. The third kappa shape index (κ3) is 3.06. The van der Waals surface area contributed by atoms with Crippen LogP contribution < -0.4 is 14.2 Å². The zero-order valence-corrected chi connectivity index (χ0v) is 11.0. The Morgan fingerprint density at radius 2 is 1.67 bits per heavy atom. The minimum atomic E-state index is -0.462. The summed E-state index contributed by atoms with van der Waals surface area (Å²) in [5.74, 6) is 0.813. The van der Waals surface area contributed by atoms with Gasteiger partial charge in [0.05, 0.1) is 26.9 Å². The topological polar surface area (TPSA) is 54.0 Å². The van der Waals surface area contributed by atoms with E-state index in [0.29, 0.717) is 29.2 Å². The van der Waals surface area contributed by atoms with Gasteiger partial charge in [-0.2, -0.15) is 0 Å². The molecule has 0 fully saturated rings. The largest absolute Gasteiger partial charge is 0.493 e. The number of benzene rings is 1. The van der Waals surface area contributed by atoms with Crippen molar-refractivity contribution < 1.29 is 23.7 Å². The van der Waals surface area contributed by atoms with Crippen LogP contribution >= 0.6 is 0 Å². The minimum Gasteiger partial charge on any atom is -0.493 e. The van der Waals surface area contributed by atoms with Gasteiger partial charge in [-0.1, -0.05) is 6.92 Å². The van der Waals surface area contributed by atoms with Crippen molar-refractivity contribution in [2.24, 2.45) is 0 Å². The lowest BCUT2D eigenvalue weighted by molar-refractivity contribution is 0.0600. The molecular formula is C13H17O5. The lowest BCUT2D eigenvalue weighted by Gasteiger charge is -2.13. The first-order chi connectivity index (χ1) is 8.67. The van der Waals surface area contributed by atoms with Crippen molar-refractivity contribution in [2.75, 3.05) is 21.3 Å². The van der Waals surface area contributed by atoms with Gasteiger partial charge in [-0.05, 0) is 18.6 Å². The molecular weight excluding hydrogens is 236 g/mol. The van der Waals surface area contributed by atoms with Gasteiger partial charge in [-0.25, -0.2) is 4.79 Å². The van der Waals surface area contributed by atoms with Crippen LogP contribution in [0.25, 0.3) is 0 Å². The number of carbonyl (C=O) groups is 1. The summed E-state index contributed by atoms with van der Waals surface area (Å²) in [5, 5.41) is 0. The van der Waals surface area contributed by atoms with Crippen molar-refractivity contribution in [3.05, 3.63) is 24.3 Å². The maximum atomic E-state index is 11.7. The van der Waals surface area contributed by atoms with Crippen LogP contribution in [0.2, 0.25) is 0 Å². The molecule has 0 bridgehead atoms. The van der Waals surface area contributed by atoms with Crippen LogP contribution in [0.1, 0.15) is 23.7 Å². The van der Waals surface area contributed by atoms with Gasteiger partial charge in [0.25, 0.3) is 0 Å². The first kappa shape index (κ1) is 14.2. The predicted molar refractivity (Wildman–Crippen MR) is 66.1 cm³/mol. The Morgan fingerprint density at radius 1 is 1.11 bits per heavy atom. The third-order valence-corrected chi connectivity index (χ3v) is 2.26. The van der Waals surface area contributed by atoms with E-state index in [0.717, 1.165) is 0 Å². The van der Waals surface area contributed by atoms with E-state index in [9.17, 15) is 4.79 Å². The zero-order chi connectivity index (χ0) is 13.5. The summed E-state index contributed by atoms with van der Waals surface area (Å²) in [6.07, 6.45) is 0.649. The molecule has 0 spiro atoms. The Hall–Kier alpha value is -1.91. The minimum absolute atomic E-state index is 0.342. The van der Waals surface area contributed by atoms with E-state index >= 15 is 0 Å². The van der Waals surface area contributed by atoms with Crippen molar-refractivity contribution in [3.8, 4) is 17.2 Å². The average molecular weight is 253 g/mol. The Kier molecular flexibility index (Phi) is 5.30. The summed E-state index contributed by atoms with van der Waals surface area (Å²) >= 11 is 0. The molecule has 5 heteroatoms. The SMILES string of the molecule is CC[CH]OC(=O)c1cc(OC)c(OC)c(OC)c1. The normalized spacial score (nSPS) is 9.78. The molecule has 0 aliphatic carbocycles. The van der Waals surface area contributed by atoms with Gasteiger partial charge in [0, 0.05) is 0 Å². The van der Waals surface area contributed by atoms with Crippen LogP contribution in [0.5, 0.6) is 17.2 Å². The molecule has 1 rings (SSSR count). The third-order valence-electron chi connectivity index (χ3n) is 2.26. The van der Waals surface area contributed by atoms with Gasteiger partial charge in [-0.3, -0.25) is 0 Å². The van der Waals surface area contributed by atoms with Crippen LogP contribution in [-0.2, 0) is 4.74 Å². The van der Waals surface area contributed by atoms with E-state index in [-0.39, 0.29) is 0 Å². The van der Waals surface area contributed by atoms with E-state index in [2.05, 4.69) is 0 Å². The second-order valence-corrected chi connectivity index (χ2v) is 3.39. The van der Waals surface area contributed by atoms with Crippen molar-refractivity contribution >= 4 is 5.97 Å². The maximum Gasteiger partial charge on any atom is 0.338 e. The molecule has 5 nitrogen and oxygen atoms in total. The van der Waals surface area contributed by atoms with Gasteiger partial charge in [0.1, 0.15) is 6.61 Å². The molecule has 1 radical (unpaired) electrons.